The SMILES string of the molecule is CCCC(C)(C)Nc1cc(N)cc(Cl)n1. The number of anilines is 2. The first kappa shape index (κ1) is 12.1. The third-order valence-corrected chi connectivity index (χ3v) is 2.35. The average Bonchev–Trinajstić information content (AvgIpc) is 1.99. The van der Waals surface area contributed by atoms with Crippen molar-refractivity contribution in [1.29, 1.82) is 0 Å². The van der Waals surface area contributed by atoms with Crippen LogP contribution in [0.15, 0.2) is 12.1 Å². The molecule has 0 bridgehead atoms. The van der Waals surface area contributed by atoms with Crippen LogP contribution in [0.4, 0.5) is 11.5 Å². The highest BCUT2D eigenvalue weighted by Gasteiger charge is 2.16. The van der Waals surface area contributed by atoms with Crippen LogP contribution in [-0.4, -0.2) is 10.5 Å². The topological polar surface area (TPSA) is 50.9 Å². The summed E-state index contributed by atoms with van der Waals surface area (Å²) in [6, 6.07) is 3.43. The smallest absolute Gasteiger partial charge is 0.133 e. The van der Waals surface area contributed by atoms with E-state index in [2.05, 4.69) is 31.1 Å². The molecule has 0 aliphatic carbocycles. The molecule has 15 heavy (non-hydrogen) atoms. The first-order chi connectivity index (χ1) is 6.93. The highest BCUT2D eigenvalue weighted by molar-refractivity contribution is 6.29. The second kappa shape index (κ2) is 4.71. The van der Waals surface area contributed by atoms with Crippen molar-refractivity contribution >= 4 is 23.1 Å². The van der Waals surface area contributed by atoms with Crippen LogP contribution in [0, 0.1) is 0 Å². The Hall–Kier alpha value is -0.960. The lowest BCUT2D eigenvalue weighted by Gasteiger charge is -2.26. The molecular formula is C11H18ClN3. The quantitative estimate of drug-likeness (QED) is 0.776. The molecule has 0 saturated carbocycles. The highest BCUT2D eigenvalue weighted by atomic mass is 35.5. The monoisotopic (exact) mass is 227 g/mol. The molecule has 1 aromatic rings. The molecule has 1 rings (SSSR count). The van der Waals surface area contributed by atoms with Crippen LogP contribution in [0.25, 0.3) is 0 Å². The lowest BCUT2D eigenvalue weighted by Crippen LogP contribution is -2.30. The van der Waals surface area contributed by atoms with Crippen LogP contribution in [0.3, 0.4) is 0 Å². The first-order valence-electron chi connectivity index (χ1n) is 5.14. The van der Waals surface area contributed by atoms with Crippen LogP contribution in [0.2, 0.25) is 5.15 Å². The zero-order valence-corrected chi connectivity index (χ0v) is 10.2. The normalized spacial score (nSPS) is 11.5. The fourth-order valence-electron chi connectivity index (χ4n) is 1.61. The molecule has 0 unspecified atom stereocenters. The maximum atomic E-state index is 5.82. The third-order valence-electron chi connectivity index (χ3n) is 2.16. The van der Waals surface area contributed by atoms with Crippen LogP contribution in [-0.2, 0) is 0 Å². The van der Waals surface area contributed by atoms with Gasteiger partial charge in [-0.1, -0.05) is 24.9 Å². The number of nitrogens with one attached hydrogen (secondary N) is 1. The molecule has 84 valence electrons. The molecule has 0 radical (unpaired) electrons. The minimum atomic E-state index is 0.0128. The summed E-state index contributed by atoms with van der Waals surface area (Å²) in [7, 11) is 0. The lowest BCUT2D eigenvalue weighted by molar-refractivity contribution is 0.509. The molecule has 3 nitrogen and oxygen atoms in total. The Balaban J connectivity index is 2.80. The molecule has 1 heterocycles. The molecule has 0 atom stereocenters. The predicted octanol–water partition coefficient (Wildman–Crippen LogP) is 3.31. The van der Waals surface area contributed by atoms with Crippen molar-refractivity contribution in [2.45, 2.75) is 39.2 Å². The maximum Gasteiger partial charge on any atom is 0.133 e. The largest absolute Gasteiger partial charge is 0.399 e. The van der Waals surface area contributed by atoms with E-state index in [4.69, 9.17) is 17.3 Å². The third kappa shape index (κ3) is 3.96. The number of nitrogens with two attached hydrogens (primary N) is 1. The van der Waals surface area contributed by atoms with Gasteiger partial charge in [0.1, 0.15) is 11.0 Å². The lowest BCUT2D eigenvalue weighted by atomic mass is 9.99. The second-order valence-electron chi connectivity index (χ2n) is 4.37. The summed E-state index contributed by atoms with van der Waals surface area (Å²) in [5, 5.41) is 3.75. The number of halogens is 1. The molecule has 4 heteroatoms. The summed E-state index contributed by atoms with van der Waals surface area (Å²) in [6.45, 7) is 6.42. The van der Waals surface area contributed by atoms with Gasteiger partial charge in [0, 0.05) is 17.3 Å². The van der Waals surface area contributed by atoms with Crippen molar-refractivity contribution in [3.05, 3.63) is 17.3 Å². The second-order valence-corrected chi connectivity index (χ2v) is 4.75. The zero-order valence-electron chi connectivity index (χ0n) is 9.47. The Morgan fingerprint density at radius 1 is 1.47 bits per heavy atom. The summed E-state index contributed by atoms with van der Waals surface area (Å²) in [5.74, 6) is 0.735. The van der Waals surface area contributed by atoms with Gasteiger partial charge < -0.3 is 11.1 Å². The van der Waals surface area contributed by atoms with Crippen LogP contribution in [0.5, 0.6) is 0 Å². The van der Waals surface area contributed by atoms with E-state index < -0.39 is 0 Å². The van der Waals surface area contributed by atoms with Gasteiger partial charge in [-0.05, 0) is 26.3 Å². The Bertz CT molecular complexity index is 316. The molecule has 0 spiro atoms. The number of nitrogens with zero attached hydrogens (tertiary/aromatic N) is 1. The first-order valence-corrected chi connectivity index (χ1v) is 5.52. The number of hydrogen-bond donors (Lipinski definition) is 2. The van der Waals surface area contributed by atoms with Crippen LogP contribution < -0.4 is 11.1 Å². The molecule has 0 saturated heterocycles. The van der Waals surface area contributed by atoms with Gasteiger partial charge in [-0.3, -0.25) is 0 Å². The van der Waals surface area contributed by atoms with Crippen molar-refractivity contribution in [1.82, 2.24) is 4.98 Å². The minimum Gasteiger partial charge on any atom is -0.399 e. The summed E-state index contributed by atoms with van der Waals surface area (Å²) in [6.07, 6.45) is 2.19. The van der Waals surface area contributed by atoms with Crippen molar-refractivity contribution in [3.63, 3.8) is 0 Å². The van der Waals surface area contributed by atoms with Gasteiger partial charge in [0.15, 0.2) is 0 Å². The number of rotatable bonds is 4. The number of pyridine rings is 1. The van der Waals surface area contributed by atoms with Crippen molar-refractivity contribution < 1.29 is 0 Å². The zero-order chi connectivity index (χ0) is 11.5. The van der Waals surface area contributed by atoms with E-state index in [1.54, 1.807) is 12.1 Å². The van der Waals surface area contributed by atoms with Crippen LogP contribution in [0.1, 0.15) is 33.6 Å². The fourth-order valence-corrected chi connectivity index (χ4v) is 1.83. The van der Waals surface area contributed by atoms with Gasteiger partial charge in [0.05, 0.1) is 0 Å². The standard InChI is InChI=1S/C11H18ClN3/c1-4-5-11(2,3)15-10-7-8(13)6-9(12)14-10/h6-7H,4-5H2,1-3H3,(H3,13,14,15). The molecule has 3 N–H and O–H groups in total. The molecule has 0 aliphatic rings. The number of hydrogen-bond acceptors (Lipinski definition) is 3. The van der Waals surface area contributed by atoms with E-state index in [1.165, 1.54) is 0 Å². The van der Waals surface area contributed by atoms with Gasteiger partial charge in [-0.2, -0.15) is 0 Å². The molecule has 0 aliphatic heterocycles. The van der Waals surface area contributed by atoms with E-state index in [0.29, 0.717) is 10.8 Å². The number of aromatic nitrogens is 1. The van der Waals surface area contributed by atoms with E-state index in [-0.39, 0.29) is 5.54 Å². The van der Waals surface area contributed by atoms with Crippen molar-refractivity contribution in [3.8, 4) is 0 Å². The summed E-state index contributed by atoms with van der Waals surface area (Å²) in [5.41, 5.74) is 6.33. The number of nitrogen functional groups attached to an aromatic ring is 1. The molecule has 1 aromatic heterocycles. The minimum absolute atomic E-state index is 0.0128. The summed E-state index contributed by atoms with van der Waals surface area (Å²) >= 11 is 5.82. The van der Waals surface area contributed by atoms with Gasteiger partial charge in [-0.25, -0.2) is 4.98 Å². The molecule has 0 amide bonds. The van der Waals surface area contributed by atoms with Gasteiger partial charge in [-0.15, -0.1) is 0 Å². The van der Waals surface area contributed by atoms with E-state index in [0.717, 1.165) is 18.7 Å². The Labute approximate surface area is 96.0 Å². The Morgan fingerprint density at radius 3 is 2.67 bits per heavy atom. The van der Waals surface area contributed by atoms with Gasteiger partial charge in [0.2, 0.25) is 0 Å². The summed E-state index contributed by atoms with van der Waals surface area (Å²) in [4.78, 5) is 4.18. The summed E-state index contributed by atoms with van der Waals surface area (Å²) < 4.78 is 0. The molecule has 0 fully saturated rings. The fraction of sp³-hybridized carbons (Fsp3) is 0.545. The highest BCUT2D eigenvalue weighted by Crippen LogP contribution is 2.21. The van der Waals surface area contributed by atoms with Crippen molar-refractivity contribution in [2.75, 3.05) is 11.1 Å². The predicted molar refractivity (Wildman–Crippen MR) is 66.3 cm³/mol. The van der Waals surface area contributed by atoms with Crippen molar-refractivity contribution in [2.24, 2.45) is 0 Å². The van der Waals surface area contributed by atoms with E-state index in [9.17, 15) is 0 Å². The molecule has 0 aromatic carbocycles. The van der Waals surface area contributed by atoms with E-state index >= 15 is 0 Å². The Morgan fingerprint density at radius 2 is 2.13 bits per heavy atom. The van der Waals surface area contributed by atoms with Crippen LogP contribution >= 0.6 is 11.6 Å². The maximum absolute atomic E-state index is 5.82. The van der Waals surface area contributed by atoms with E-state index in [1.807, 2.05) is 0 Å². The average molecular weight is 228 g/mol. The molecular weight excluding hydrogens is 210 g/mol. The van der Waals surface area contributed by atoms with Gasteiger partial charge in [0.25, 0.3) is 0 Å². The Kier molecular flexibility index (Phi) is 3.80. The van der Waals surface area contributed by atoms with Gasteiger partial charge >= 0.3 is 0 Å².